The third-order valence-electron chi connectivity index (χ3n) is 2.98. The molecule has 0 heterocycles. The summed E-state index contributed by atoms with van der Waals surface area (Å²) in [4.78, 5) is 0. The molecular weight excluding hydrogens is 266 g/mol. The Kier molecular flexibility index (Phi) is 10.1. The fourth-order valence-corrected chi connectivity index (χ4v) is 1.81. The van der Waals surface area contributed by atoms with Crippen molar-refractivity contribution in [1.82, 2.24) is 5.32 Å². The number of methoxy groups -OCH3 is 1. The normalized spacial score (nSPS) is 11.2. The van der Waals surface area contributed by atoms with Crippen molar-refractivity contribution in [2.24, 2.45) is 5.92 Å². The molecule has 0 unspecified atom stereocenters. The standard InChI is InChI=1S/C17H29NO3/c1-15(2)12-18-13-16-4-6-17(7-5-16)14-21-11-10-20-9-8-19-3/h4-7,15,18H,8-14H2,1-3H3. The SMILES string of the molecule is COCCOCCOCc1ccc(CNCC(C)C)cc1. The molecule has 0 aliphatic heterocycles. The third-order valence-corrected chi connectivity index (χ3v) is 2.98. The maximum absolute atomic E-state index is 5.57. The highest BCUT2D eigenvalue weighted by atomic mass is 16.5. The second kappa shape index (κ2) is 11.7. The molecule has 1 aromatic carbocycles. The van der Waals surface area contributed by atoms with Gasteiger partial charge in [-0.3, -0.25) is 0 Å². The summed E-state index contributed by atoms with van der Waals surface area (Å²) in [6.45, 7) is 9.51. The molecule has 4 heteroatoms. The Balaban J connectivity index is 2.10. The minimum absolute atomic E-state index is 0.612. The van der Waals surface area contributed by atoms with Crippen LogP contribution in [0.3, 0.4) is 0 Å². The van der Waals surface area contributed by atoms with E-state index < -0.39 is 0 Å². The Morgan fingerprint density at radius 1 is 0.905 bits per heavy atom. The number of rotatable bonds is 12. The lowest BCUT2D eigenvalue weighted by Gasteiger charge is -2.09. The number of hydrogen-bond donors (Lipinski definition) is 1. The van der Waals surface area contributed by atoms with Gasteiger partial charge in [-0.2, -0.15) is 0 Å². The molecule has 1 N–H and O–H groups in total. The van der Waals surface area contributed by atoms with E-state index in [4.69, 9.17) is 14.2 Å². The number of benzene rings is 1. The fourth-order valence-electron chi connectivity index (χ4n) is 1.81. The van der Waals surface area contributed by atoms with Crippen LogP contribution in [0.4, 0.5) is 0 Å². The second-order valence-corrected chi connectivity index (χ2v) is 5.50. The Morgan fingerprint density at radius 2 is 1.52 bits per heavy atom. The summed E-state index contributed by atoms with van der Waals surface area (Å²) in [5.41, 5.74) is 2.50. The molecule has 1 aromatic rings. The number of nitrogens with one attached hydrogen (secondary N) is 1. The van der Waals surface area contributed by atoms with Gasteiger partial charge in [-0.15, -0.1) is 0 Å². The van der Waals surface area contributed by atoms with Crippen LogP contribution in [-0.2, 0) is 27.4 Å². The monoisotopic (exact) mass is 295 g/mol. The molecule has 0 saturated carbocycles. The summed E-state index contributed by atoms with van der Waals surface area (Å²) >= 11 is 0. The predicted molar refractivity (Wildman–Crippen MR) is 85.3 cm³/mol. The van der Waals surface area contributed by atoms with Crippen molar-refractivity contribution in [3.05, 3.63) is 35.4 Å². The van der Waals surface area contributed by atoms with Crippen molar-refractivity contribution in [3.63, 3.8) is 0 Å². The van der Waals surface area contributed by atoms with E-state index in [1.165, 1.54) is 11.1 Å². The summed E-state index contributed by atoms with van der Waals surface area (Å²) in [7, 11) is 1.67. The molecule has 0 bridgehead atoms. The lowest BCUT2D eigenvalue weighted by Crippen LogP contribution is -2.18. The molecule has 0 atom stereocenters. The van der Waals surface area contributed by atoms with E-state index >= 15 is 0 Å². The molecule has 4 nitrogen and oxygen atoms in total. The van der Waals surface area contributed by atoms with E-state index in [1.807, 2.05) is 0 Å². The van der Waals surface area contributed by atoms with Gasteiger partial charge in [-0.1, -0.05) is 38.1 Å². The largest absolute Gasteiger partial charge is 0.382 e. The van der Waals surface area contributed by atoms with E-state index in [2.05, 4.69) is 43.4 Å². The summed E-state index contributed by atoms with van der Waals surface area (Å²) < 4.78 is 15.8. The topological polar surface area (TPSA) is 39.7 Å². The van der Waals surface area contributed by atoms with E-state index in [-0.39, 0.29) is 0 Å². The first-order chi connectivity index (χ1) is 10.2. The first kappa shape index (κ1) is 18.1. The number of hydrogen-bond acceptors (Lipinski definition) is 4. The molecular formula is C17H29NO3. The summed E-state index contributed by atoms with van der Waals surface area (Å²) in [5.74, 6) is 0.684. The van der Waals surface area contributed by atoms with Crippen LogP contribution in [0.2, 0.25) is 0 Å². The summed E-state index contributed by atoms with van der Waals surface area (Å²) in [6, 6.07) is 8.55. The third kappa shape index (κ3) is 9.58. The number of ether oxygens (including phenoxy) is 3. The van der Waals surface area contributed by atoms with Crippen LogP contribution in [-0.4, -0.2) is 40.1 Å². The van der Waals surface area contributed by atoms with Crippen LogP contribution in [0.5, 0.6) is 0 Å². The molecule has 0 aliphatic rings. The Labute approximate surface area is 128 Å². The van der Waals surface area contributed by atoms with Crippen molar-refractivity contribution >= 4 is 0 Å². The highest BCUT2D eigenvalue weighted by molar-refractivity contribution is 5.21. The van der Waals surface area contributed by atoms with Gasteiger partial charge < -0.3 is 19.5 Å². The Bertz CT molecular complexity index is 352. The van der Waals surface area contributed by atoms with Gasteiger partial charge in [-0.25, -0.2) is 0 Å². The zero-order chi connectivity index (χ0) is 15.3. The highest BCUT2D eigenvalue weighted by Gasteiger charge is 1.97. The summed E-state index contributed by atoms with van der Waals surface area (Å²) in [5, 5.41) is 3.44. The molecule has 0 saturated heterocycles. The van der Waals surface area contributed by atoms with Crippen molar-refractivity contribution in [3.8, 4) is 0 Å². The maximum Gasteiger partial charge on any atom is 0.0718 e. The van der Waals surface area contributed by atoms with Crippen LogP contribution in [0, 0.1) is 5.92 Å². The van der Waals surface area contributed by atoms with Crippen LogP contribution in [0.15, 0.2) is 24.3 Å². The first-order valence-electron chi connectivity index (χ1n) is 7.65. The zero-order valence-electron chi connectivity index (χ0n) is 13.6. The van der Waals surface area contributed by atoms with E-state index in [0.717, 1.165) is 13.1 Å². The van der Waals surface area contributed by atoms with Gasteiger partial charge in [0.2, 0.25) is 0 Å². The summed E-state index contributed by atoms with van der Waals surface area (Å²) in [6.07, 6.45) is 0. The zero-order valence-corrected chi connectivity index (χ0v) is 13.6. The van der Waals surface area contributed by atoms with Gasteiger partial charge in [0.05, 0.1) is 33.0 Å². The van der Waals surface area contributed by atoms with Crippen LogP contribution >= 0.6 is 0 Å². The predicted octanol–water partition coefficient (Wildman–Crippen LogP) is 2.61. The van der Waals surface area contributed by atoms with Gasteiger partial charge in [0.25, 0.3) is 0 Å². The minimum atomic E-state index is 0.612. The first-order valence-corrected chi connectivity index (χ1v) is 7.65. The van der Waals surface area contributed by atoms with Crippen molar-refractivity contribution in [2.45, 2.75) is 27.0 Å². The molecule has 120 valence electrons. The molecule has 0 aliphatic carbocycles. The molecule has 0 radical (unpaired) electrons. The lowest BCUT2D eigenvalue weighted by atomic mass is 10.1. The van der Waals surface area contributed by atoms with Gasteiger partial charge in [0, 0.05) is 13.7 Å². The quantitative estimate of drug-likeness (QED) is 0.602. The van der Waals surface area contributed by atoms with Crippen molar-refractivity contribution < 1.29 is 14.2 Å². The molecule has 21 heavy (non-hydrogen) atoms. The average molecular weight is 295 g/mol. The Hall–Kier alpha value is -0.940. The van der Waals surface area contributed by atoms with Crippen molar-refractivity contribution in [2.75, 3.05) is 40.1 Å². The lowest BCUT2D eigenvalue weighted by molar-refractivity contribution is 0.0199. The minimum Gasteiger partial charge on any atom is -0.382 e. The highest BCUT2D eigenvalue weighted by Crippen LogP contribution is 2.06. The van der Waals surface area contributed by atoms with Gasteiger partial charge in [0.15, 0.2) is 0 Å². The van der Waals surface area contributed by atoms with Gasteiger partial charge in [-0.05, 0) is 23.6 Å². The van der Waals surface area contributed by atoms with E-state index in [9.17, 15) is 0 Å². The van der Waals surface area contributed by atoms with Crippen LogP contribution in [0.25, 0.3) is 0 Å². The molecule has 0 spiro atoms. The fraction of sp³-hybridized carbons (Fsp3) is 0.647. The van der Waals surface area contributed by atoms with E-state index in [0.29, 0.717) is 39.0 Å². The Morgan fingerprint density at radius 3 is 2.19 bits per heavy atom. The molecule has 1 rings (SSSR count). The average Bonchev–Trinajstić information content (AvgIpc) is 2.47. The maximum atomic E-state index is 5.57. The molecule has 0 aromatic heterocycles. The van der Waals surface area contributed by atoms with Gasteiger partial charge in [0.1, 0.15) is 0 Å². The second-order valence-electron chi connectivity index (χ2n) is 5.50. The van der Waals surface area contributed by atoms with Gasteiger partial charge >= 0.3 is 0 Å². The van der Waals surface area contributed by atoms with Crippen LogP contribution < -0.4 is 5.32 Å². The van der Waals surface area contributed by atoms with Crippen LogP contribution in [0.1, 0.15) is 25.0 Å². The smallest absolute Gasteiger partial charge is 0.0718 e. The van der Waals surface area contributed by atoms with Crippen molar-refractivity contribution in [1.29, 1.82) is 0 Å². The molecule has 0 amide bonds. The molecule has 0 fully saturated rings. The van der Waals surface area contributed by atoms with E-state index in [1.54, 1.807) is 7.11 Å².